The van der Waals surface area contributed by atoms with E-state index in [1.165, 1.54) is 4.90 Å². The number of hydrogen-bond donors (Lipinski definition) is 1. The fourth-order valence-electron chi connectivity index (χ4n) is 0.923. The Morgan fingerprint density at radius 1 is 1.47 bits per heavy atom. The lowest BCUT2D eigenvalue weighted by Crippen LogP contribution is -2.36. The highest BCUT2D eigenvalue weighted by atomic mass is 32.1. The lowest BCUT2D eigenvalue weighted by Gasteiger charge is -2.20. The van der Waals surface area contributed by atoms with Gasteiger partial charge in [0.15, 0.2) is 0 Å². The van der Waals surface area contributed by atoms with E-state index in [-0.39, 0.29) is 12.0 Å². The zero-order chi connectivity index (χ0) is 12.0. The lowest BCUT2D eigenvalue weighted by atomic mass is 10.2. The van der Waals surface area contributed by atoms with Gasteiger partial charge in [-0.3, -0.25) is 0 Å². The standard InChI is InChI=1S/C10H20N2O2S/c1-7(2)6-14-10(13)12(4)5-8(3)9(11)15/h7-8H,5-6H2,1-4H3,(H2,11,15). The molecule has 0 aliphatic heterocycles. The summed E-state index contributed by atoms with van der Waals surface area (Å²) in [6.45, 7) is 6.79. The summed E-state index contributed by atoms with van der Waals surface area (Å²) in [5.74, 6) is 0.354. The average Bonchev–Trinajstić information content (AvgIpc) is 2.13. The summed E-state index contributed by atoms with van der Waals surface area (Å²) in [6.07, 6.45) is -0.327. The molecule has 4 nitrogen and oxygen atoms in total. The van der Waals surface area contributed by atoms with Crippen molar-refractivity contribution in [1.29, 1.82) is 0 Å². The minimum absolute atomic E-state index is 0.0107. The highest BCUT2D eigenvalue weighted by Crippen LogP contribution is 2.02. The minimum Gasteiger partial charge on any atom is -0.449 e. The zero-order valence-corrected chi connectivity index (χ0v) is 10.6. The van der Waals surface area contributed by atoms with Crippen LogP contribution in [0.15, 0.2) is 0 Å². The van der Waals surface area contributed by atoms with Crippen LogP contribution in [0.2, 0.25) is 0 Å². The van der Waals surface area contributed by atoms with E-state index in [9.17, 15) is 4.79 Å². The summed E-state index contributed by atoms with van der Waals surface area (Å²) in [5, 5.41) is 0. The van der Waals surface area contributed by atoms with Crippen LogP contribution in [-0.4, -0.2) is 36.2 Å². The number of nitrogens with zero attached hydrogens (tertiary/aromatic N) is 1. The van der Waals surface area contributed by atoms with E-state index in [4.69, 9.17) is 22.7 Å². The number of carbonyl (C=O) groups is 1. The van der Waals surface area contributed by atoms with Crippen LogP contribution in [0, 0.1) is 11.8 Å². The van der Waals surface area contributed by atoms with Crippen LogP contribution in [0.3, 0.4) is 0 Å². The van der Waals surface area contributed by atoms with Gasteiger partial charge in [-0.05, 0) is 5.92 Å². The summed E-state index contributed by atoms with van der Waals surface area (Å²) in [6, 6.07) is 0. The summed E-state index contributed by atoms with van der Waals surface area (Å²) >= 11 is 4.83. The fourth-order valence-corrected chi connectivity index (χ4v) is 0.998. The summed E-state index contributed by atoms with van der Waals surface area (Å²) < 4.78 is 5.05. The first-order chi connectivity index (χ1) is 6.84. The summed E-state index contributed by atoms with van der Waals surface area (Å²) in [7, 11) is 1.68. The van der Waals surface area contributed by atoms with Crippen molar-refractivity contribution in [3.05, 3.63) is 0 Å². The summed E-state index contributed by atoms with van der Waals surface area (Å²) in [5.41, 5.74) is 5.46. The Kier molecular flexibility index (Phi) is 6.24. The maximum absolute atomic E-state index is 11.4. The molecule has 0 heterocycles. The van der Waals surface area contributed by atoms with E-state index in [0.717, 1.165) is 0 Å². The van der Waals surface area contributed by atoms with Gasteiger partial charge in [0.05, 0.1) is 11.6 Å². The van der Waals surface area contributed by atoms with Crippen molar-refractivity contribution < 1.29 is 9.53 Å². The van der Waals surface area contributed by atoms with Gasteiger partial charge in [-0.1, -0.05) is 33.0 Å². The first-order valence-electron chi connectivity index (χ1n) is 5.01. The Bertz CT molecular complexity index is 231. The normalized spacial score (nSPS) is 12.3. The lowest BCUT2D eigenvalue weighted by molar-refractivity contribution is 0.0983. The third-order valence-corrected chi connectivity index (χ3v) is 2.29. The smallest absolute Gasteiger partial charge is 0.409 e. The second kappa shape index (κ2) is 6.61. The molecule has 1 amide bonds. The highest BCUT2D eigenvalue weighted by Gasteiger charge is 2.15. The molecular formula is C10H20N2O2S. The molecule has 0 aromatic rings. The van der Waals surface area contributed by atoms with Gasteiger partial charge in [-0.2, -0.15) is 0 Å². The maximum atomic E-state index is 11.4. The topological polar surface area (TPSA) is 55.6 Å². The van der Waals surface area contributed by atoms with Crippen LogP contribution in [0.4, 0.5) is 4.79 Å². The zero-order valence-electron chi connectivity index (χ0n) is 9.82. The summed E-state index contributed by atoms with van der Waals surface area (Å²) in [4.78, 5) is 13.3. The molecule has 88 valence electrons. The third-order valence-electron chi connectivity index (χ3n) is 1.89. The molecule has 0 bridgehead atoms. The molecule has 0 rings (SSSR count). The predicted molar refractivity (Wildman–Crippen MR) is 64.8 cm³/mol. The molecule has 0 spiro atoms. The van der Waals surface area contributed by atoms with Gasteiger partial charge in [0.1, 0.15) is 0 Å². The van der Waals surface area contributed by atoms with Crippen LogP contribution >= 0.6 is 12.2 Å². The van der Waals surface area contributed by atoms with E-state index in [0.29, 0.717) is 24.1 Å². The van der Waals surface area contributed by atoms with Crippen molar-refractivity contribution >= 4 is 23.3 Å². The molecule has 0 saturated carbocycles. The number of ether oxygens (including phenoxy) is 1. The van der Waals surface area contributed by atoms with E-state index in [1.54, 1.807) is 7.05 Å². The predicted octanol–water partition coefficient (Wildman–Crippen LogP) is 1.63. The Balaban J connectivity index is 3.93. The molecular weight excluding hydrogens is 212 g/mol. The Morgan fingerprint density at radius 3 is 2.40 bits per heavy atom. The number of rotatable bonds is 5. The van der Waals surface area contributed by atoms with Crippen molar-refractivity contribution in [3.8, 4) is 0 Å². The molecule has 2 N–H and O–H groups in total. The molecule has 0 aliphatic rings. The quantitative estimate of drug-likeness (QED) is 0.732. The average molecular weight is 232 g/mol. The van der Waals surface area contributed by atoms with Crippen molar-refractivity contribution in [2.75, 3.05) is 20.2 Å². The molecule has 0 saturated heterocycles. The minimum atomic E-state index is -0.327. The van der Waals surface area contributed by atoms with Gasteiger partial charge in [0.25, 0.3) is 0 Å². The first kappa shape index (κ1) is 14.2. The number of carbonyl (C=O) groups excluding carboxylic acids is 1. The van der Waals surface area contributed by atoms with Gasteiger partial charge >= 0.3 is 6.09 Å². The Morgan fingerprint density at radius 2 is 2.00 bits per heavy atom. The van der Waals surface area contributed by atoms with Gasteiger partial charge in [-0.15, -0.1) is 0 Å². The molecule has 0 fully saturated rings. The van der Waals surface area contributed by atoms with Crippen LogP contribution in [0.5, 0.6) is 0 Å². The van der Waals surface area contributed by atoms with Gasteiger partial charge in [0, 0.05) is 19.5 Å². The van der Waals surface area contributed by atoms with Crippen LogP contribution in [0.25, 0.3) is 0 Å². The molecule has 0 aliphatic carbocycles. The fraction of sp³-hybridized carbons (Fsp3) is 0.800. The molecule has 0 aromatic carbocycles. The number of amides is 1. The molecule has 0 radical (unpaired) electrons. The Hall–Kier alpha value is -0.840. The SMILES string of the molecule is CC(C)COC(=O)N(C)CC(C)C(N)=S. The van der Waals surface area contributed by atoms with Crippen LogP contribution < -0.4 is 5.73 Å². The van der Waals surface area contributed by atoms with Gasteiger partial charge in [0.2, 0.25) is 0 Å². The van der Waals surface area contributed by atoms with Gasteiger partial charge in [-0.25, -0.2) is 4.79 Å². The number of thiocarbonyl (C=S) groups is 1. The van der Waals surface area contributed by atoms with E-state index in [1.807, 2.05) is 20.8 Å². The second-order valence-electron chi connectivity index (χ2n) is 4.15. The molecule has 0 aromatic heterocycles. The van der Waals surface area contributed by atoms with Crippen molar-refractivity contribution in [2.24, 2.45) is 17.6 Å². The second-order valence-corrected chi connectivity index (χ2v) is 4.63. The van der Waals surface area contributed by atoms with Crippen molar-refractivity contribution in [3.63, 3.8) is 0 Å². The molecule has 1 atom stereocenters. The maximum Gasteiger partial charge on any atom is 0.409 e. The number of nitrogens with two attached hydrogens (primary N) is 1. The highest BCUT2D eigenvalue weighted by molar-refractivity contribution is 7.80. The van der Waals surface area contributed by atoms with E-state index < -0.39 is 0 Å². The monoisotopic (exact) mass is 232 g/mol. The first-order valence-corrected chi connectivity index (χ1v) is 5.42. The van der Waals surface area contributed by atoms with E-state index >= 15 is 0 Å². The van der Waals surface area contributed by atoms with Gasteiger partial charge < -0.3 is 15.4 Å². The largest absolute Gasteiger partial charge is 0.449 e. The molecule has 15 heavy (non-hydrogen) atoms. The van der Waals surface area contributed by atoms with Crippen LogP contribution in [0.1, 0.15) is 20.8 Å². The number of hydrogen-bond acceptors (Lipinski definition) is 3. The van der Waals surface area contributed by atoms with Crippen LogP contribution in [-0.2, 0) is 4.74 Å². The third kappa shape index (κ3) is 6.28. The molecule has 1 unspecified atom stereocenters. The van der Waals surface area contributed by atoms with Crippen molar-refractivity contribution in [2.45, 2.75) is 20.8 Å². The Labute approximate surface area is 96.8 Å². The molecule has 5 heteroatoms. The van der Waals surface area contributed by atoms with Crippen molar-refractivity contribution in [1.82, 2.24) is 4.90 Å². The van der Waals surface area contributed by atoms with E-state index in [2.05, 4.69) is 0 Å².